The molecule has 1 aromatic heterocycles. The first kappa shape index (κ1) is 24.8. The van der Waals surface area contributed by atoms with Crippen LogP contribution in [0.3, 0.4) is 0 Å². The van der Waals surface area contributed by atoms with Crippen molar-refractivity contribution in [1.29, 1.82) is 0 Å². The highest BCUT2D eigenvalue weighted by molar-refractivity contribution is 5.96. The molecule has 2 heterocycles. The van der Waals surface area contributed by atoms with Crippen LogP contribution < -0.4 is 10.6 Å². The van der Waals surface area contributed by atoms with Gasteiger partial charge >= 0.3 is 0 Å². The van der Waals surface area contributed by atoms with Gasteiger partial charge in [-0.25, -0.2) is 0 Å². The number of nitrogens with zero attached hydrogens (tertiary/aromatic N) is 2. The average Bonchev–Trinajstić information content (AvgIpc) is 3.34. The van der Waals surface area contributed by atoms with Gasteiger partial charge in [0.2, 0.25) is 5.91 Å². The molecule has 2 aliphatic rings. The number of hydrogen-bond acceptors (Lipinski definition) is 6. The first-order valence-electron chi connectivity index (χ1n) is 11.2. The summed E-state index contributed by atoms with van der Waals surface area (Å²) >= 11 is 0. The van der Waals surface area contributed by atoms with Crippen LogP contribution in [0.4, 0.5) is 0 Å². The molecule has 9 heteroatoms. The van der Waals surface area contributed by atoms with E-state index in [-0.39, 0.29) is 30.2 Å². The summed E-state index contributed by atoms with van der Waals surface area (Å²) in [4.78, 5) is 35.8. The second kappa shape index (κ2) is 12.4. The largest absolute Gasteiger partial charge is 0.483 e. The van der Waals surface area contributed by atoms with Crippen LogP contribution in [-0.2, 0) is 16.0 Å². The molecule has 3 rings (SSSR count). The Hall–Kier alpha value is -2.42. The Labute approximate surface area is 183 Å². The molecular formula is C22H36N4O5. The lowest BCUT2D eigenvalue weighted by molar-refractivity contribution is -0.126. The van der Waals surface area contributed by atoms with Crippen LogP contribution in [0.2, 0.25) is 0 Å². The molecule has 1 saturated carbocycles. The maximum Gasteiger partial charge on any atom is 0.290 e. The molecule has 31 heavy (non-hydrogen) atoms. The van der Waals surface area contributed by atoms with Crippen LogP contribution in [0, 0.1) is 12.8 Å². The second-order valence-corrected chi connectivity index (χ2v) is 8.40. The zero-order chi connectivity index (χ0) is 22.8. The van der Waals surface area contributed by atoms with Crippen molar-refractivity contribution in [2.24, 2.45) is 5.92 Å². The Bertz CT molecular complexity index is 727. The van der Waals surface area contributed by atoms with Gasteiger partial charge in [0.05, 0.1) is 5.69 Å². The molecule has 1 atom stereocenters. The minimum Gasteiger partial charge on any atom is -0.483 e. The third kappa shape index (κ3) is 7.05. The van der Waals surface area contributed by atoms with Crippen molar-refractivity contribution >= 4 is 18.3 Å². The lowest BCUT2D eigenvalue weighted by Gasteiger charge is -2.28. The van der Waals surface area contributed by atoms with Crippen molar-refractivity contribution in [3.8, 4) is 0 Å². The van der Waals surface area contributed by atoms with Crippen molar-refractivity contribution in [2.75, 3.05) is 20.1 Å². The van der Waals surface area contributed by atoms with Crippen LogP contribution in [-0.4, -0.2) is 65.7 Å². The molecule has 1 saturated heterocycles. The normalized spacial score (nSPS) is 23.5. The maximum atomic E-state index is 12.6. The predicted octanol–water partition coefficient (Wildman–Crippen LogP) is 2.14. The number of hydrogen-bond donors (Lipinski definition) is 3. The number of aryl methyl sites for hydroxylation is 2. The summed E-state index contributed by atoms with van der Waals surface area (Å²) in [5, 5.41) is 17.1. The lowest BCUT2D eigenvalue weighted by Crippen LogP contribution is -2.41. The highest BCUT2D eigenvalue weighted by Gasteiger charge is 2.29. The van der Waals surface area contributed by atoms with Crippen LogP contribution in [0.25, 0.3) is 0 Å². The first-order valence-corrected chi connectivity index (χ1v) is 11.2. The van der Waals surface area contributed by atoms with Crippen LogP contribution in [0.5, 0.6) is 0 Å². The standard InChI is InChI=1S/C21H34N4O3.CH2O2/c1-4-18-19(14(2)28-24-18)21(27)23-16-9-7-15(8-10-16)20(26)22-12-11-17-6-5-13-25(17)3;2-1-3/h15-17H,4-13H2,1-3H3,(H,22,26)(H,23,27);1H,(H,2,3). The molecule has 3 N–H and O–H groups in total. The van der Waals surface area contributed by atoms with Crippen molar-refractivity contribution < 1.29 is 24.0 Å². The molecule has 1 aliphatic carbocycles. The topological polar surface area (TPSA) is 125 Å². The van der Waals surface area contributed by atoms with E-state index in [1.807, 2.05) is 6.92 Å². The molecular weight excluding hydrogens is 400 g/mol. The van der Waals surface area contributed by atoms with E-state index in [2.05, 4.69) is 27.7 Å². The van der Waals surface area contributed by atoms with E-state index in [1.54, 1.807) is 6.92 Å². The van der Waals surface area contributed by atoms with Crippen molar-refractivity contribution in [3.05, 3.63) is 17.0 Å². The highest BCUT2D eigenvalue weighted by Crippen LogP contribution is 2.25. The highest BCUT2D eigenvalue weighted by atomic mass is 16.5. The zero-order valence-corrected chi connectivity index (χ0v) is 18.9. The SMILES string of the molecule is CCc1noc(C)c1C(=O)NC1CCC(C(=O)NCCC2CCCN2C)CC1.O=CO. The Morgan fingerprint density at radius 1 is 1.26 bits per heavy atom. The summed E-state index contributed by atoms with van der Waals surface area (Å²) in [7, 11) is 2.17. The van der Waals surface area contributed by atoms with Gasteiger partial charge in [0, 0.05) is 24.5 Å². The first-order chi connectivity index (χ1) is 14.9. The Morgan fingerprint density at radius 2 is 1.94 bits per heavy atom. The number of carboxylic acid groups (broad SMARTS) is 1. The van der Waals surface area contributed by atoms with Crippen LogP contribution in [0.1, 0.15) is 73.7 Å². The Balaban J connectivity index is 0.00000107. The molecule has 0 bridgehead atoms. The molecule has 2 fully saturated rings. The summed E-state index contributed by atoms with van der Waals surface area (Å²) < 4.78 is 5.16. The predicted molar refractivity (Wildman–Crippen MR) is 116 cm³/mol. The third-order valence-electron chi connectivity index (χ3n) is 6.38. The zero-order valence-electron chi connectivity index (χ0n) is 18.9. The number of rotatable bonds is 7. The summed E-state index contributed by atoms with van der Waals surface area (Å²) in [6.45, 7) is 5.41. The summed E-state index contributed by atoms with van der Waals surface area (Å²) in [5.74, 6) is 0.700. The second-order valence-electron chi connectivity index (χ2n) is 8.40. The van der Waals surface area contributed by atoms with Gasteiger partial charge in [-0.2, -0.15) is 0 Å². The minimum atomic E-state index is -0.250. The molecule has 1 aromatic rings. The van der Waals surface area contributed by atoms with E-state index >= 15 is 0 Å². The third-order valence-corrected chi connectivity index (χ3v) is 6.38. The number of carbonyl (C=O) groups is 3. The minimum absolute atomic E-state index is 0.0676. The molecule has 1 aliphatic heterocycles. The number of nitrogens with one attached hydrogen (secondary N) is 2. The monoisotopic (exact) mass is 436 g/mol. The smallest absolute Gasteiger partial charge is 0.290 e. The van der Waals surface area contributed by atoms with Gasteiger partial charge in [-0.05, 0) is 71.9 Å². The van der Waals surface area contributed by atoms with E-state index in [4.69, 9.17) is 14.4 Å². The van der Waals surface area contributed by atoms with Gasteiger partial charge in [-0.3, -0.25) is 14.4 Å². The summed E-state index contributed by atoms with van der Waals surface area (Å²) in [6.07, 6.45) is 7.52. The molecule has 2 amide bonds. The fourth-order valence-electron chi connectivity index (χ4n) is 4.56. The van der Waals surface area contributed by atoms with Gasteiger partial charge in [0.25, 0.3) is 12.4 Å². The van der Waals surface area contributed by atoms with Gasteiger partial charge in [-0.15, -0.1) is 0 Å². The van der Waals surface area contributed by atoms with E-state index in [1.165, 1.54) is 19.4 Å². The number of aromatic nitrogens is 1. The van der Waals surface area contributed by atoms with Crippen LogP contribution in [0.15, 0.2) is 4.52 Å². The number of carbonyl (C=O) groups excluding carboxylic acids is 2. The number of likely N-dealkylation sites (tertiary alicyclic amines) is 1. The van der Waals surface area contributed by atoms with E-state index < -0.39 is 0 Å². The average molecular weight is 437 g/mol. The molecule has 174 valence electrons. The summed E-state index contributed by atoms with van der Waals surface area (Å²) in [6, 6.07) is 0.725. The fraction of sp³-hybridized carbons (Fsp3) is 0.727. The Kier molecular flexibility index (Phi) is 9.97. The van der Waals surface area contributed by atoms with Crippen molar-refractivity contribution in [2.45, 2.75) is 77.3 Å². The number of amides is 2. The van der Waals surface area contributed by atoms with E-state index in [9.17, 15) is 9.59 Å². The molecule has 1 unspecified atom stereocenters. The van der Waals surface area contributed by atoms with Gasteiger partial charge in [0.15, 0.2) is 0 Å². The maximum absolute atomic E-state index is 12.6. The van der Waals surface area contributed by atoms with E-state index in [0.717, 1.165) is 38.6 Å². The Morgan fingerprint density at radius 3 is 2.52 bits per heavy atom. The van der Waals surface area contributed by atoms with Gasteiger partial charge in [-0.1, -0.05) is 12.1 Å². The fourth-order valence-corrected chi connectivity index (χ4v) is 4.56. The molecule has 0 spiro atoms. The van der Waals surface area contributed by atoms with Crippen molar-refractivity contribution in [1.82, 2.24) is 20.7 Å². The van der Waals surface area contributed by atoms with Gasteiger partial charge in [0.1, 0.15) is 11.3 Å². The van der Waals surface area contributed by atoms with E-state index in [0.29, 0.717) is 29.5 Å². The van der Waals surface area contributed by atoms with Crippen molar-refractivity contribution in [3.63, 3.8) is 0 Å². The molecule has 9 nitrogen and oxygen atoms in total. The van der Waals surface area contributed by atoms with Crippen LogP contribution >= 0.6 is 0 Å². The quantitative estimate of drug-likeness (QED) is 0.559. The lowest BCUT2D eigenvalue weighted by atomic mass is 9.85. The van der Waals surface area contributed by atoms with Gasteiger partial charge < -0.3 is 25.2 Å². The summed E-state index contributed by atoms with van der Waals surface area (Å²) in [5.41, 5.74) is 1.27. The molecule has 0 aromatic carbocycles. The molecule has 0 radical (unpaired) electrons.